The van der Waals surface area contributed by atoms with Crippen LogP contribution in [0.25, 0.3) is 16.8 Å². The highest BCUT2D eigenvalue weighted by atomic mass is 14.9. The van der Waals surface area contributed by atoms with Gasteiger partial charge in [0, 0.05) is 17.8 Å². The maximum absolute atomic E-state index is 9.34. The van der Waals surface area contributed by atoms with Crippen LogP contribution >= 0.6 is 0 Å². The van der Waals surface area contributed by atoms with Crippen LogP contribution in [-0.4, -0.2) is 22.2 Å². The Kier molecular flexibility index (Phi) is 4.80. The maximum atomic E-state index is 9.34. The molecule has 30 heavy (non-hydrogen) atoms. The van der Waals surface area contributed by atoms with Crippen molar-refractivity contribution in [3.63, 3.8) is 0 Å². The normalized spacial score (nSPS) is 19.9. The average Bonchev–Trinajstić information content (AvgIpc) is 3.37. The van der Waals surface area contributed by atoms with E-state index in [1.807, 2.05) is 12.3 Å². The smallest absolute Gasteiger partial charge is 0.0991 e. The molecule has 0 amide bonds. The summed E-state index contributed by atoms with van der Waals surface area (Å²) in [6.07, 6.45) is 9.25. The first-order valence-corrected chi connectivity index (χ1v) is 10.6. The minimum atomic E-state index is 0.678. The third-order valence-corrected chi connectivity index (χ3v) is 6.34. The van der Waals surface area contributed by atoms with Crippen LogP contribution in [0, 0.1) is 17.2 Å². The van der Waals surface area contributed by atoms with Crippen LogP contribution in [0.5, 0.6) is 0 Å². The van der Waals surface area contributed by atoms with Crippen molar-refractivity contribution in [2.45, 2.75) is 32.1 Å². The number of aliphatic imine (C=N–C) groups is 1. The fraction of sp³-hybridized carbons (Fsp3) is 0.269. The van der Waals surface area contributed by atoms with Crippen molar-refractivity contribution < 1.29 is 0 Å². The average molecular weight is 393 g/mol. The predicted octanol–water partition coefficient (Wildman–Crippen LogP) is 5.74. The summed E-state index contributed by atoms with van der Waals surface area (Å²) < 4.78 is 0. The van der Waals surface area contributed by atoms with E-state index < -0.39 is 0 Å². The van der Waals surface area contributed by atoms with Gasteiger partial charge in [-0.25, -0.2) is 4.98 Å². The molecule has 1 saturated carbocycles. The van der Waals surface area contributed by atoms with Gasteiger partial charge in [0.1, 0.15) is 0 Å². The molecule has 1 N–H and O–H groups in total. The van der Waals surface area contributed by atoms with E-state index in [2.05, 4.69) is 65.4 Å². The van der Waals surface area contributed by atoms with Crippen molar-refractivity contribution in [2.24, 2.45) is 10.9 Å². The first-order chi connectivity index (χ1) is 14.7. The van der Waals surface area contributed by atoms with Gasteiger partial charge in [0.25, 0.3) is 0 Å². The molecule has 4 heteroatoms. The number of hydrogen-bond donors (Lipinski definition) is 1. The van der Waals surface area contributed by atoms with Crippen LogP contribution in [0.15, 0.2) is 66.1 Å². The van der Waals surface area contributed by atoms with Gasteiger partial charge in [0.05, 0.1) is 29.9 Å². The van der Waals surface area contributed by atoms with E-state index in [0.29, 0.717) is 5.92 Å². The van der Waals surface area contributed by atoms with Gasteiger partial charge < -0.3 is 4.98 Å². The number of aromatic nitrogens is 2. The van der Waals surface area contributed by atoms with Gasteiger partial charge in [-0.05, 0) is 78.5 Å². The van der Waals surface area contributed by atoms with Gasteiger partial charge in [0.2, 0.25) is 0 Å². The minimum Gasteiger partial charge on any atom is -0.345 e. The number of nitrogens with one attached hydrogen (secondary N) is 1. The van der Waals surface area contributed by atoms with Gasteiger partial charge >= 0.3 is 0 Å². The summed E-state index contributed by atoms with van der Waals surface area (Å²) in [7, 11) is 0. The summed E-state index contributed by atoms with van der Waals surface area (Å²) in [6.45, 7) is 2.82. The number of hydrogen-bond acceptors (Lipinski definition) is 3. The molecule has 2 atom stereocenters. The zero-order valence-corrected chi connectivity index (χ0v) is 17.1. The Hall–Kier alpha value is -3.45. The predicted molar refractivity (Wildman–Crippen MR) is 120 cm³/mol. The van der Waals surface area contributed by atoms with E-state index >= 15 is 0 Å². The van der Waals surface area contributed by atoms with Crippen molar-refractivity contribution in [1.82, 2.24) is 9.97 Å². The molecule has 0 aliphatic heterocycles. The fourth-order valence-electron chi connectivity index (χ4n) is 4.52. The molecule has 0 radical (unpaired) electrons. The lowest BCUT2D eigenvalue weighted by molar-refractivity contribution is 0.826. The third-order valence-electron chi connectivity index (χ3n) is 6.34. The number of allylic oxidation sites excluding steroid dienone is 1. The summed E-state index contributed by atoms with van der Waals surface area (Å²) in [5, 5.41) is 9.34. The van der Waals surface area contributed by atoms with Crippen LogP contribution in [0.3, 0.4) is 0 Å². The molecular weight excluding hydrogens is 368 g/mol. The van der Waals surface area contributed by atoms with E-state index in [1.54, 1.807) is 6.33 Å². The van der Waals surface area contributed by atoms with Crippen LogP contribution < -0.4 is 0 Å². The maximum Gasteiger partial charge on any atom is 0.0991 e. The molecule has 5 rings (SSSR count). The number of imidazole rings is 1. The number of nitriles is 1. The molecule has 4 nitrogen and oxygen atoms in total. The topological polar surface area (TPSA) is 64.8 Å². The number of H-pyrrole nitrogens is 1. The standard InChI is InChI=1S/C26H24N4/c1-17(20-3-2-4-22(12-20)26-15-28-16-30-26)29-10-9-19-6-7-21-13-25(21)23-8-5-18(14-27)11-24(19)23/h2-6,8,11-12,15-16,21,25H,7,9-10,13H2,1H3,(H,28,30). The minimum absolute atomic E-state index is 0.678. The first kappa shape index (κ1) is 18.6. The second kappa shape index (κ2) is 7.76. The Labute approximate surface area is 177 Å². The molecule has 0 saturated heterocycles. The van der Waals surface area contributed by atoms with E-state index in [4.69, 9.17) is 4.99 Å². The van der Waals surface area contributed by atoms with Crippen LogP contribution in [0.4, 0.5) is 0 Å². The summed E-state index contributed by atoms with van der Waals surface area (Å²) in [4.78, 5) is 12.1. The van der Waals surface area contributed by atoms with Crippen molar-refractivity contribution in [2.75, 3.05) is 6.54 Å². The molecule has 2 aliphatic rings. The number of benzene rings is 2. The van der Waals surface area contributed by atoms with Crippen LogP contribution in [-0.2, 0) is 0 Å². The monoisotopic (exact) mass is 392 g/mol. The zero-order chi connectivity index (χ0) is 20.5. The first-order valence-electron chi connectivity index (χ1n) is 10.6. The molecular formula is C26H24N4. The summed E-state index contributed by atoms with van der Waals surface area (Å²) in [5.41, 5.74) is 9.08. The molecule has 3 aromatic rings. The zero-order valence-electron chi connectivity index (χ0n) is 17.1. The molecule has 2 aromatic carbocycles. The summed E-state index contributed by atoms with van der Waals surface area (Å²) >= 11 is 0. The summed E-state index contributed by atoms with van der Waals surface area (Å²) in [5.74, 6) is 1.46. The fourth-order valence-corrected chi connectivity index (χ4v) is 4.52. The molecule has 1 aromatic heterocycles. The van der Waals surface area contributed by atoms with Gasteiger partial charge in [-0.3, -0.25) is 4.99 Å². The Morgan fingerprint density at radius 2 is 2.20 bits per heavy atom. The SMILES string of the molecule is CC(=NCCC1=CCC2CC2c2ccc(C#N)cc21)c1cccc(-c2cnc[nH]2)c1. The van der Waals surface area contributed by atoms with Gasteiger partial charge in [-0.15, -0.1) is 0 Å². The van der Waals surface area contributed by atoms with Crippen LogP contribution in [0.1, 0.15) is 54.4 Å². The molecule has 0 spiro atoms. The molecule has 1 fully saturated rings. The third kappa shape index (κ3) is 3.59. The second-order valence-corrected chi connectivity index (χ2v) is 8.24. The Bertz CT molecular complexity index is 1180. The lowest BCUT2D eigenvalue weighted by Gasteiger charge is -2.12. The largest absolute Gasteiger partial charge is 0.345 e. The highest BCUT2D eigenvalue weighted by Gasteiger charge is 2.40. The molecule has 2 unspecified atom stereocenters. The highest BCUT2D eigenvalue weighted by Crippen LogP contribution is 2.54. The van der Waals surface area contributed by atoms with Gasteiger partial charge in [-0.2, -0.15) is 5.26 Å². The van der Waals surface area contributed by atoms with E-state index in [9.17, 15) is 5.26 Å². The molecule has 2 aliphatic carbocycles. The molecule has 1 heterocycles. The lowest BCUT2D eigenvalue weighted by atomic mass is 9.93. The van der Waals surface area contributed by atoms with E-state index in [1.165, 1.54) is 23.1 Å². The number of rotatable bonds is 5. The van der Waals surface area contributed by atoms with E-state index in [0.717, 1.165) is 53.4 Å². The van der Waals surface area contributed by atoms with Gasteiger partial charge in [0.15, 0.2) is 0 Å². The van der Waals surface area contributed by atoms with Crippen molar-refractivity contribution >= 4 is 11.3 Å². The Balaban J connectivity index is 1.34. The van der Waals surface area contributed by atoms with Crippen molar-refractivity contribution in [3.8, 4) is 17.3 Å². The highest BCUT2D eigenvalue weighted by molar-refractivity contribution is 5.99. The molecule has 0 bridgehead atoms. The number of aromatic amines is 1. The summed E-state index contributed by atoms with van der Waals surface area (Å²) in [6, 6.07) is 16.9. The quantitative estimate of drug-likeness (QED) is 0.563. The van der Waals surface area contributed by atoms with Crippen molar-refractivity contribution in [3.05, 3.63) is 83.3 Å². The van der Waals surface area contributed by atoms with Crippen molar-refractivity contribution in [1.29, 1.82) is 5.26 Å². The second-order valence-electron chi connectivity index (χ2n) is 8.24. The van der Waals surface area contributed by atoms with Crippen LogP contribution in [0.2, 0.25) is 0 Å². The number of fused-ring (bicyclic) bond motifs is 3. The van der Waals surface area contributed by atoms with Gasteiger partial charge in [-0.1, -0.05) is 30.3 Å². The Morgan fingerprint density at radius 1 is 1.27 bits per heavy atom. The van der Waals surface area contributed by atoms with E-state index in [-0.39, 0.29) is 0 Å². The lowest BCUT2D eigenvalue weighted by Crippen LogP contribution is -1.99. The number of nitrogens with zero attached hydrogens (tertiary/aromatic N) is 3. The molecule has 148 valence electrons. The Morgan fingerprint density at radius 3 is 3.03 bits per heavy atom.